The van der Waals surface area contributed by atoms with Gasteiger partial charge >= 0.3 is 0 Å². The van der Waals surface area contributed by atoms with Crippen molar-refractivity contribution in [3.63, 3.8) is 0 Å². The van der Waals surface area contributed by atoms with Gasteiger partial charge in [0, 0.05) is 19.2 Å². The van der Waals surface area contributed by atoms with Crippen LogP contribution in [-0.2, 0) is 6.42 Å². The van der Waals surface area contributed by atoms with E-state index in [2.05, 4.69) is 16.4 Å². The molecule has 1 N–H and O–H groups in total. The molecule has 2 heterocycles. The van der Waals surface area contributed by atoms with E-state index in [-0.39, 0.29) is 0 Å². The summed E-state index contributed by atoms with van der Waals surface area (Å²) in [5.74, 6) is 0. The second-order valence-electron chi connectivity index (χ2n) is 3.11. The number of nitrogens with zero attached hydrogens (tertiary/aromatic N) is 1. The van der Waals surface area contributed by atoms with Gasteiger partial charge in [-0.1, -0.05) is 36.0 Å². The maximum Gasteiger partial charge on any atom is 0.129 e. The van der Waals surface area contributed by atoms with Crippen molar-refractivity contribution in [1.29, 1.82) is 0 Å². The van der Waals surface area contributed by atoms with Gasteiger partial charge in [-0.3, -0.25) is 0 Å². The topological polar surface area (TPSA) is 24.9 Å². The van der Waals surface area contributed by atoms with Crippen molar-refractivity contribution in [3.05, 3.63) is 40.7 Å². The van der Waals surface area contributed by atoms with Gasteiger partial charge in [-0.15, -0.1) is 0 Å². The fourth-order valence-electron chi connectivity index (χ4n) is 1.36. The summed E-state index contributed by atoms with van der Waals surface area (Å²) in [4.78, 5) is 4.87. The molecule has 1 aromatic heterocycles. The monoisotopic (exact) mass is 224 g/mol. The molecule has 0 saturated heterocycles. The lowest BCUT2D eigenvalue weighted by Gasteiger charge is -2.02. The number of thiocarbonyl (C=S) groups is 1. The van der Waals surface area contributed by atoms with Crippen molar-refractivity contribution < 1.29 is 0 Å². The van der Waals surface area contributed by atoms with E-state index in [9.17, 15) is 0 Å². The first kappa shape index (κ1) is 9.62. The summed E-state index contributed by atoms with van der Waals surface area (Å²) >= 11 is 10.8. The molecule has 0 aromatic carbocycles. The number of hydrogen-bond acceptors (Lipinski definition) is 2. The van der Waals surface area contributed by atoms with E-state index >= 15 is 0 Å². The molecule has 14 heavy (non-hydrogen) atoms. The third kappa shape index (κ3) is 2.11. The Morgan fingerprint density at radius 1 is 1.50 bits per heavy atom. The molecule has 2 nitrogen and oxygen atoms in total. The zero-order valence-electron chi connectivity index (χ0n) is 7.46. The van der Waals surface area contributed by atoms with Crippen LogP contribution in [0.5, 0.6) is 0 Å². The summed E-state index contributed by atoms with van der Waals surface area (Å²) < 4.78 is 0. The average Bonchev–Trinajstić information content (AvgIpc) is 2.56. The van der Waals surface area contributed by atoms with Crippen molar-refractivity contribution in [3.8, 4) is 0 Å². The summed E-state index contributed by atoms with van der Waals surface area (Å²) in [7, 11) is 0. The third-order valence-corrected chi connectivity index (χ3v) is 2.72. The van der Waals surface area contributed by atoms with Gasteiger partial charge in [-0.05, 0) is 17.2 Å². The quantitative estimate of drug-likeness (QED) is 0.616. The van der Waals surface area contributed by atoms with Crippen LogP contribution in [0.1, 0.15) is 5.56 Å². The highest BCUT2D eigenvalue weighted by molar-refractivity contribution is 7.80. The van der Waals surface area contributed by atoms with Crippen LogP contribution in [0, 0.1) is 0 Å². The van der Waals surface area contributed by atoms with Gasteiger partial charge in [0.1, 0.15) is 10.1 Å². The van der Waals surface area contributed by atoms with E-state index in [4.69, 9.17) is 23.8 Å². The number of rotatable bonds is 2. The highest BCUT2D eigenvalue weighted by atomic mass is 35.5. The van der Waals surface area contributed by atoms with Crippen molar-refractivity contribution in [2.75, 3.05) is 6.54 Å². The molecule has 0 bridgehead atoms. The molecule has 0 atom stereocenters. The van der Waals surface area contributed by atoms with Crippen molar-refractivity contribution in [2.45, 2.75) is 6.42 Å². The van der Waals surface area contributed by atoms with Gasteiger partial charge < -0.3 is 5.32 Å². The Bertz CT molecular complexity index is 384. The van der Waals surface area contributed by atoms with Crippen molar-refractivity contribution >= 4 is 28.8 Å². The number of aromatic nitrogens is 1. The molecular formula is C10H9ClN2S. The molecule has 4 heteroatoms. The molecule has 0 spiro atoms. The summed E-state index contributed by atoms with van der Waals surface area (Å²) in [5, 5.41) is 3.62. The minimum absolute atomic E-state index is 0.523. The first-order chi connectivity index (χ1) is 6.75. The lowest BCUT2D eigenvalue weighted by atomic mass is 10.1. The summed E-state index contributed by atoms with van der Waals surface area (Å²) in [6, 6.07) is 3.76. The highest BCUT2D eigenvalue weighted by Crippen LogP contribution is 2.13. The lowest BCUT2D eigenvalue weighted by molar-refractivity contribution is 1.10. The highest BCUT2D eigenvalue weighted by Gasteiger charge is 2.10. The number of pyridine rings is 1. The summed E-state index contributed by atoms with van der Waals surface area (Å²) in [6.45, 7) is 0.842. The van der Waals surface area contributed by atoms with Crippen LogP contribution >= 0.6 is 23.8 Å². The molecule has 1 aliphatic heterocycles. The SMILES string of the molecule is S=C1NCC=C1Cc1ccc(Cl)nc1. The molecule has 0 aliphatic carbocycles. The Hall–Kier alpha value is -0.930. The van der Waals surface area contributed by atoms with Crippen LogP contribution in [0.2, 0.25) is 5.15 Å². The largest absolute Gasteiger partial charge is 0.373 e. The molecule has 0 fully saturated rings. The Balaban J connectivity index is 2.11. The minimum Gasteiger partial charge on any atom is -0.373 e. The van der Waals surface area contributed by atoms with E-state index in [0.717, 1.165) is 23.5 Å². The van der Waals surface area contributed by atoms with Crippen LogP contribution in [0.3, 0.4) is 0 Å². The van der Waals surface area contributed by atoms with E-state index < -0.39 is 0 Å². The van der Waals surface area contributed by atoms with E-state index in [1.807, 2.05) is 6.07 Å². The molecule has 2 rings (SSSR count). The van der Waals surface area contributed by atoms with Crippen LogP contribution in [0.4, 0.5) is 0 Å². The fraction of sp³-hybridized carbons (Fsp3) is 0.200. The van der Waals surface area contributed by atoms with E-state index in [1.54, 1.807) is 12.3 Å². The van der Waals surface area contributed by atoms with Gasteiger partial charge in [0.15, 0.2) is 0 Å². The minimum atomic E-state index is 0.523. The van der Waals surface area contributed by atoms with Crippen LogP contribution < -0.4 is 5.32 Å². The number of nitrogens with one attached hydrogen (secondary N) is 1. The van der Waals surface area contributed by atoms with Crippen LogP contribution in [0.15, 0.2) is 30.0 Å². The first-order valence-electron chi connectivity index (χ1n) is 4.33. The Kier molecular flexibility index (Phi) is 2.79. The van der Waals surface area contributed by atoms with Crippen molar-refractivity contribution in [2.24, 2.45) is 0 Å². The zero-order chi connectivity index (χ0) is 9.97. The van der Waals surface area contributed by atoms with Gasteiger partial charge in [-0.25, -0.2) is 4.98 Å². The van der Waals surface area contributed by atoms with E-state index in [1.165, 1.54) is 5.57 Å². The molecule has 0 unspecified atom stereocenters. The number of hydrogen-bond donors (Lipinski definition) is 1. The molecule has 0 radical (unpaired) electrons. The molecule has 72 valence electrons. The van der Waals surface area contributed by atoms with Crippen molar-refractivity contribution in [1.82, 2.24) is 10.3 Å². The Morgan fingerprint density at radius 3 is 2.93 bits per heavy atom. The smallest absolute Gasteiger partial charge is 0.129 e. The normalized spacial score (nSPS) is 15.2. The molecule has 1 aliphatic rings. The third-order valence-electron chi connectivity index (χ3n) is 2.09. The van der Waals surface area contributed by atoms with Gasteiger partial charge in [0.25, 0.3) is 0 Å². The van der Waals surface area contributed by atoms with Crippen LogP contribution in [-0.4, -0.2) is 16.5 Å². The predicted octanol–water partition coefficient (Wildman–Crippen LogP) is 2.13. The first-order valence-corrected chi connectivity index (χ1v) is 5.12. The van der Waals surface area contributed by atoms with Gasteiger partial charge in [0.2, 0.25) is 0 Å². The fourth-order valence-corrected chi connectivity index (χ4v) is 1.71. The number of halogens is 1. The Morgan fingerprint density at radius 2 is 2.36 bits per heavy atom. The van der Waals surface area contributed by atoms with Gasteiger partial charge in [-0.2, -0.15) is 0 Å². The summed E-state index contributed by atoms with van der Waals surface area (Å²) in [5.41, 5.74) is 2.30. The maximum absolute atomic E-state index is 5.69. The average molecular weight is 225 g/mol. The standard InChI is InChI=1S/C10H9ClN2S/c11-9-2-1-7(6-13-9)5-8-3-4-12-10(8)14/h1-3,6H,4-5H2,(H,12,14). The Labute approximate surface area is 93.0 Å². The molecule has 1 aromatic rings. The molecular weight excluding hydrogens is 216 g/mol. The molecule has 0 saturated carbocycles. The van der Waals surface area contributed by atoms with E-state index in [0.29, 0.717) is 5.15 Å². The maximum atomic E-state index is 5.69. The second kappa shape index (κ2) is 4.07. The van der Waals surface area contributed by atoms with Gasteiger partial charge in [0.05, 0.1) is 0 Å². The predicted molar refractivity (Wildman–Crippen MR) is 61.6 cm³/mol. The van der Waals surface area contributed by atoms with Crippen LogP contribution in [0.25, 0.3) is 0 Å². The second-order valence-corrected chi connectivity index (χ2v) is 3.90. The molecule has 0 amide bonds. The lowest BCUT2D eigenvalue weighted by Crippen LogP contribution is -2.15. The zero-order valence-corrected chi connectivity index (χ0v) is 9.03. The summed E-state index contributed by atoms with van der Waals surface area (Å²) in [6.07, 6.45) is 4.72.